The van der Waals surface area contributed by atoms with Crippen LogP contribution >= 0.6 is 15.9 Å². The summed E-state index contributed by atoms with van der Waals surface area (Å²) in [6.45, 7) is 9.63. The zero-order valence-corrected chi connectivity index (χ0v) is 12.5. The number of carbonyl (C=O) groups is 1. The van der Waals surface area contributed by atoms with Gasteiger partial charge in [0.25, 0.3) is 0 Å². The van der Waals surface area contributed by atoms with E-state index in [1.165, 1.54) is 10.9 Å². The van der Waals surface area contributed by atoms with Crippen LogP contribution in [0.25, 0.3) is 0 Å². The van der Waals surface area contributed by atoms with Gasteiger partial charge in [0, 0.05) is 16.9 Å². The van der Waals surface area contributed by atoms with Gasteiger partial charge in [-0.15, -0.1) is 0 Å². The molecule has 4 nitrogen and oxygen atoms in total. The highest BCUT2D eigenvalue weighted by atomic mass is 79.9. The van der Waals surface area contributed by atoms with E-state index in [0.717, 1.165) is 11.0 Å². The van der Waals surface area contributed by atoms with E-state index in [9.17, 15) is 4.79 Å². The largest absolute Gasteiger partial charge is 0.443 e. The fraction of sp³-hybridized carbons (Fsp3) is 0.667. The first kappa shape index (κ1) is 14.2. The number of imidazole rings is 1. The van der Waals surface area contributed by atoms with Gasteiger partial charge in [0.15, 0.2) is 0 Å². The summed E-state index contributed by atoms with van der Waals surface area (Å²) < 4.78 is 6.64. The molecule has 0 spiro atoms. The van der Waals surface area contributed by atoms with Crippen molar-refractivity contribution in [3.8, 4) is 0 Å². The lowest BCUT2D eigenvalue weighted by Crippen LogP contribution is -2.26. The Morgan fingerprint density at radius 2 is 2.00 bits per heavy atom. The predicted octanol–water partition coefficient (Wildman–Crippen LogP) is 3.34. The van der Waals surface area contributed by atoms with Gasteiger partial charge in [0.2, 0.25) is 0 Å². The van der Waals surface area contributed by atoms with Gasteiger partial charge >= 0.3 is 6.09 Å². The molecule has 1 aromatic heterocycles. The third kappa shape index (κ3) is 3.84. The molecule has 0 amide bonds. The van der Waals surface area contributed by atoms with Gasteiger partial charge in [0.05, 0.1) is 5.69 Å². The van der Waals surface area contributed by atoms with Crippen molar-refractivity contribution in [2.75, 3.05) is 5.33 Å². The van der Waals surface area contributed by atoms with Crippen LogP contribution in [0.4, 0.5) is 4.79 Å². The third-order valence-corrected chi connectivity index (χ3v) is 3.62. The third-order valence-electron chi connectivity index (χ3n) is 2.21. The Bertz CT molecular complexity index is 405. The maximum atomic E-state index is 11.8. The van der Waals surface area contributed by atoms with Crippen LogP contribution in [0.1, 0.15) is 40.3 Å². The smallest absolute Gasteiger partial charge is 0.419 e. The molecule has 96 valence electrons. The summed E-state index contributed by atoms with van der Waals surface area (Å²) in [6.07, 6.45) is 2.81. The van der Waals surface area contributed by atoms with Gasteiger partial charge in [-0.1, -0.05) is 29.8 Å². The van der Waals surface area contributed by atoms with Crippen LogP contribution < -0.4 is 0 Å². The summed E-state index contributed by atoms with van der Waals surface area (Å²) in [5.74, 6) is 0. The molecule has 0 unspecified atom stereocenters. The SMILES string of the molecule is CC(C)(C)OC(=O)n1cnc(C(C)(C)CBr)c1. The lowest BCUT2D eigenvalue weighted by molar-refractivity contribution is 0.0536. The van der Waals surface area contributed by atoms with E-state index in [4.69, 9.17) is 4.74 Å². The molecule has 5 heteroatoms. The monoisotopic (exact) mass is 302 g/mol. The molecule has 1 rings (SSSR count). The Balaban J connectivity index is 2.85. The van der Waals surface area contributed by atoms with Crippen LogP contribution in [0.3, 0.4) is 0 Å². The van der Waals surface area contributed by atoms with Gasteiger partial charge < -0.3 is 4.74 Å². The van der Waals surface area contributed by atoms with Gasteiger partial charge in [0.1, 0.15) is 11.9 Å². The Morgan fingerprint density at radius 1 is 1.41 bits per heavy atom. The highest BCUT2D eigenvalue weighted by Gasteiger charge is 2.24. The number of carbonyl (C=O) groups excluding carboxylic acids is 1. The van der Waals surface area contributed by atoms with Gasteiger partial charge in [-0.2, -0.15) is 0 Å². The molecule has 0 aromatic carbocycles. The molecule has 0 radical (unpaired) electrons. The maximum Gasteiger partial charge on any atom is 0.419 e. The number of hydrogen-bond donors (Lipinski definition) is 0. The molecule has 0 N–H and O–H groups in total. The van der Waals surface area contributed by atoms with Crippen LogP contribution in [-0.2, 0) is 10.2 Å². The highest BCUT2D eigenvalue weighted by molar-refractivity contribution is 9.09. The number of halogens is 1. The number of aromatic nitrogens is 2. The normalized spacial score (nSPS) is 12.6. The van der Waals surface area contributed by atoms with Crippen molar-refractivity contribution < 1.29 is 9.53 Å². The number of hydrogen-bond acceptors (Lipinski definition) is 3. The number of rotatable bonds is 2. The minimum atomic E-state index is -0.494. The van der Waals surface area contributed by atoms with Crippen molar-refractivity contribution in [3.05, 3.63) is 18.2 Å². The Labute approximate surface area is 110 Å². The topological polar surface area (TPSA) is 44.1 Å². The molecule has 1 heterocycles. The van der Waals surface area contributed by atoms with E-state index in [2.05, 4.69) is 34.8 Å². The summed E-state index contributed by atoms with van der Waals surface area (Å²) in [6, 6.07) is 0. The molecule has 0 saturated heterocycles. The molecule has 0 aliphatic heterocycles. The lowest BCUT2D eigenvalue weighted by Gasteiger charge is -2.20. The average Bonchev–Trinajstić information content (AvgIpc) is 2.64. The lowest BCUT2D eigenvalue weighted by atomic mass is 9.93. The maximum absolute atomic E-state index is 11.8. The minimum absolute atomic E-state index is 0.104. The van der Waals surface area contributed by atoms with Crippen molar-refractivity contribution in [2.45, 2.75) is 45.6 Å². The zero-order valence-electron chi connectivity index (χ0n) is 11.0. The first-order valence-electron chi connectivity index (χ1n) is 5.49. The summed E-state index contributed by atoms with van der Waals surface area (Å²) in [5.41, 5.74) is 0.264. The number of alkyl halides is 1. The molecule has 1 aromatic rings. The molecule has 0 atom stereocenters. The molecule has 17 heavy (non-hydrogen) atoms. The molecular weight excluding hydrogens is 284 g/mol. The number of nitrogens with zero attached hydrogens (tertiary/aromatic N) is 2. The Hall–Kier alpha value is -0.840. The fourth-order valence-electron chi connectivity index (χ4n) is 1.16. The van der Waals surface area contributed by atoms with E-state index in [0.29, 0.717) is 0 Å². The molecule has 0 saturated carbocycles. The van der Waals surface area contributed by atoms with Crippen LogP contribution in [0.5, 0.6) is 0 Å². The standard InChI is InChI=1S/C12H19BrN2O2/c1-11(2,3)17-10(16)15-6-9(14-8-15)12(4,5)7-13/h6,8H,7H2,1-5H3. The van der Waals surface area contributed by atoms with Crippen molar-refractivity contribution in [1.29, 1.82) is 0 Å². The first-order valence-corrected chi connectivity index (χ1v) is 6.62. The van der Waals surface area contributed by atoms with Gasteiger partial charge in [-0.05, 0) is 20.8 Å². The van der Waals surface area contributed by atoms with E-state index in [1.807, 2.05) is 20.8 Å². The van der Waals surface area contributed by atoms with Gasteiger partial charge in [-0.3, -0.25) is 0 Å². The molecule has 0 fully saturated rings. The average molecular weight is 303 g/mol. The van der Waals surface area contributed by atoms with Crippen LogP contribution in [0.15, 0.2) is 12.5 Å². The fourth-order valence-corrected chi connectivity index (χ4v) is 1.44. The van der Waals surface area contributed by atoms with Crippen molar-refractivity contribution in [2.24, 2.45) is 0 Å². The van der Waals surface area contributed by atoms with Crippen LogP contribution in [0.2, 0.25) is 0 Å². The van der Waals surface area contributed by atoms with Crippen molar-refractivity contribution >= 4 is 22.0 Å². The Kier molecular flexibility index (Phi) is 4.02. The number of ether oxygens (including phenoxy) is 1. The summed E-state index contributed by atoms with van der Waals surface area (Å²) in [7, 11) is 0. The van der Waals surface area contributed by atoms with E-state index >= 15 is 0 Å². The quantitative estimate of drug-likeness (QED) is 0.787. The predicted molar refractivity (Wildman–Crippen MR) is 70.7 cm³/mol. The van der Waals surface area contributed by atoms with Crippen LogP contribution in [0, 0.1) is 0 Å². The van der Waals surface area contributed by atoms with Crippen molar-refractivity contribution in [3.63, 3.8) is 0 Å². The summed E-state index contributed by atoms with van der Waals surface area (Å²) in [4.78, 5) is 16.0. The van der Waals surface area contributed by atoms with E-state index in [1.54, 1.807) is 6.20 Å². The Morgan fingerprint density at radius 3 is 2.47 bits per heavy atom. The zero-order chi connectivity index (χ0) is 13.3. The van der Waals surface area contributed by atoms with E-state index < -0.39 is 11.7 Å². The van der Waals surface area contributed by atoms with Crippen molar-refractivity contribution in [1.82, 2.24) is 9.55 Å². The second kappa shape index (κ2) is 4.80. The summed E-state index contributed by atoms with van der Waals surface area (Å²) >= 11 is 3.44. The molecule has 0 aliphatic rings. The van der Waals surface area contributed by atoms with E-state index in [-0.39, 0.29) is 5.41 Å². The molecule has 0 aliphatic carbocycles. The highest BCUT2D eigenvalue weighted by Crippen LogP contribution is 2.23. The van der Waals surface area contributed by atoms with Gasteiger partial charge in [-0.25, -0.2) is 14.3 Å². The first-order chi connectivity index (χ1) is 7.65. The minimum Gasteiger partial charge on any atom is -0.443 e. The second-order valence-corrected chi connectivity index (χ2v) is 6.22. The molecule has 0 bridgehead atoms. The second-order valence-electron chi connectivity index (χ2n) is 5.66. The molecular formula is C12H19BrN2O2. The summed E-state index contributed by atoms with van der Waals surface area (Å²) in [5, 5.41) is 0.783. The van der Waals surface area contributed by atoms with Crippen LogP contribution in [-0.4, -0.2) is 26.6 Å².